The van der Waals surface area contributed by atoms with Crippen molar-refractivity contribution in [2.75, 3.05) is 72.6 Å². The molecule has 192 valence electrons. The number of likely N-dealkylation sites (N-methyl/N-ethyl adjacent to an activating group) is 1. The third-order valence-electron chi connectivity index (χ3n) is 7.45. The molecule has 5 heterocycles. The highest BCUT2D eigenvalue weighted by atomic mass is 16.5. The average molecular weight is 500 g/mol. The summed E-state index contributed by atoms with van der Waals surface area (Å²) in [6.07, 6.45) is 7.96. The number of amides is 1. The highest BCUT2D eigenvalue weighted by Gasteiger charge is 2.31. The van der Waals surface area contributed by atoms with Crippen LogP contribution in [-0.2, 0) is 16.6 Å². The van der Waals surface area contributed by atoms with Crippen LogP contribution < -0.4 is 19.6 Å². The lowest BCUT2D eigenvalue weighted by Gasteiger charge is -2.40. The molecule has 3 aliphatic rings. The number of aryl methyl sites for hydroxylation is 1. The smallest absolute Gasteiger partial charge is 0.223 e. The molecule has 3 aromatic rings. The second kappa shape index (κ2) is 9.23. The summed E-state index contributed by atoms with van der Waals surface area (Å²) in [5, 5.41) is 4.30. The first-order valence-corrected chi connectivity index (χ1v) is 12.8. The summed E-state index contributed by atoms with van der Waals surface area (Å²) in [6.45, 7) is 9.25. The van der Waals surface area contributed by atoms with Gasteiger partial charge in [-0.15, -0.1) is 0 Å². The van der Waals surface area contributed by atoms with Crippen LogP contribution in [0.5, 0.6) is 0 Å². The minimum Gasteiger partial charge on any atom is -0.378 e. The summed E-state index contributed by atoms with van der Waals surface area (Å²) in [5.41, 5.74) is 9.65. The number of hydrogen-bond acceptors (Lipinski definition) is 7. The third-order valence-corrected chi connectivity index (χ3v) is 7.45. The van der Waals surface area contributed by atoms with Crippen molar-refractivity contribution in [3.8, 4) is 11.3 Å². The van der Waals surface area contributed by atoms with Crippen molar-refractivity contribution in [1.82, 2.24) is 14.8 Å². The Balaban J connectivity index is 1.51. The number of fused-ring (bicyclic) bond motifs is 2. The van der Waals surface area contributed by atoms with Gasteiger partial charge in [-0.25, -0.2) is 0 Å². The SMILES string of the molecule is CC(=O)N1CCN(c2cc(N3CCOCC3)cc3c2C=C(C)CN3C)c2cnc(-c3cnn(C)c3)cc21. The summed E-state index contributed by atoms with van der Waals surface area (Å²) >= 11 is 0. The summed E-state index contributed by atoms with van der Waals surface area (Å²) in [6, 6.07) is 6.63. The average Bonchev–Trinajstić information content (AvgIpc) is 3.34. The minimum atomic E-state index is 0.0313. The largest absolute Gasteiger partial charge is 0.378 e. The van der Waals surface area contributed by atoms with Gasteiger partial charge in [0.05, 0.1) is 48.4 Å². The fourth-order valence-corrected chi connectivity index (χ4v) is 5.64. The summed E-state index contributed by atoms with van der Waals surface area (Å²) in [5.74, 6) is 0.0313. The van der Waals surface area contributed by atoms with Crippen LogP contribution in [0.15, 0.2) is 42.4 Å². The van der Waals surface area contributed by atoms with E-state index in [0.29, 0.717) is 13.1 Å². The molecule has 0 bridgehead atoms. The number of carbonyl (C=O) groups is 1. The fraction of sp³-hybridized carbons (Fsp3) is 0.393. The molecule has 2 aromatic heterocycles. The summed E-state index contributed by atoms with van der Waals surface area (Å²) in [7, 11) is 4.05. The van der Waals surface area contributed by atoms with Gasteiger partial charge in [-0.3, -0.25) is 14.5 Å². The third kappa shape index (κ3) is 4.23. The molecule has 0 spiro atoms. The molecular formula is C28H33N7O2. The van der Waals surface area contributed by atoms with E-state index in [1.807, 2.05) is 30.4 Å². The number of carbonyl (C=O) groups excluding carboxylic acids is 1. The lowest BCUT2D eigenvalue weighted by molar-refractivity contribution is -0.116. The van der Waals surface area contributed by atoms with E-state index in [1.165, 1.54) is 22.5 Å². The predicted octanol–water partition coefficient (Wildman–Crippen LogP) is 3.68. The minimum absolute atomic E-state index is 0.0313. The maximum Gasteiger partial charge on any atom is 0.223 e. The van der Waals surface area contributed by atoms with E-state index in [4.69, 9.17) is 9.72 Å². The number of rotatable bonds is 3. The number of pyridine rings is 1. The number of aromatic nitrogens is 3. The molecule has 1 amide bonds. The van der Waals surface area contributed by atoms with Gasteiger partial charge in [0.1, 0.15) is 0 Å². The molecule has 1 saturated heterocycles. The molecule has 1 aromatic carbocycles. The zero-order chi connectivity index (χ0) is 25.7. The van der Waals surface area contributed by atoms with Crippen LogP contribution in [0, 0.1) is 0 Å². The zero-order valence-corrected chi connectivity index (χ0v) is 21.9. The molecule has 1 fully saturated rings. The van der Waals surface area contributed by atoms with Crippen molar-refractivity contribution in [3.63, 3.8) is 0 Å². The van der Waals surface area contributed by atoms with Crippen LogP contribution in [0.4, 0.5) is 28.4 Å². The molecule has 9 heteroatoms. The Kier molecular flexibility index (Phi) is 5.87. The van der Waals surface area contributed by atoms with E-state index in [1.54, 1.807) is 17.8 Å². The fourth-order valence-electron chi connectivity index (χ4n) is 5.64. The number of morpholine rings is 1. The highest BCUT2D eigenvalue weighted by Crippen LogP contribution is 2.45. The van der Waals surface area contributed by atoms with E-state index in [0.717, 1.165) is 61.2 Å². The van der Waals surface area contributed by atoms with Crippen molar-refractivity contribution in [2.24, 2.45) is 7.05 Å². The molecular weight excluding hydrogens is 466 g/mol. The lowest BCUT2D eigenvalue weighted by Crippen LogP contribution is -2.42. The Labute approximate surface area is 217 Å². The standard InChI is InChI=1S/C28H33N7O2/c1-19-11-23-25(31(3)17-19)12-22(33-7-9-37-10-8-33)13-26(23)35-6-5-34(20(2)36)27-14-24(29-16-28(27)35)21-15-30-32(4)18-21/h11-16,18H,5-10,17H2,1-4H3. The molecule has 0 N–H and O–H groups in total. The van der Waals surface area contributed by atoms with Gasteiger partial charge in [0.25, 0.3) is 0 Å². The Hall–Kier alpha value is -3.85. The molecule has 3 aliphatic heterocycles. The van der Waals surface area contributed by atoms with Crippen LogP contribution in [0.25, 0.3) is 17.3 Å². The molecule has 0 radical (unpaired) electrons. The molecule has 9 nitrogen and oxygen atoms in total. The first-order chi connectivity index (χ1) is 17.9. The van der Waals surface area contributed by atoms with E-state index in [-0.39, 0.29) is 5.91 Å². The van der Waals surface area contributed by atoms with Gasteiger partial charge in [-0.1, -0.05) is 11.6 Å². The van der Waals surface area contributed by atoms with Crippen molar-refractivity contribution in [2.45, 2.75) is 13.8 Å². The van der Waals surface area contributed by atoms with Gasteiger partial charge < -0.3 is 24.3 Å². The van der Waals surface area contributed by atoms with E-state index >= 15 is 0 Å². The Morgan fingerprint density at radius 3 is 2.46 bits per heavy atom. The topological polar surface area (TPSA) is 70.0 Å². The normalized spacial score (nSPS) is 17.5. The Bertz CT molecular complexity index is 1390. The van der Waals surface area contributed by atoms with E-state index in [2.05, 4.69) is 52.0 Å². The first-order valence-electron chi connectivity index (χ1n) is 12.8. The maximum absolute atomic E-state index is 12.7. The highest BCUT2D eigenvalue weighted by molar-refractivity contribution is 5.99. The van der Waals surface area contributed by atoms with Crippen LogP contribution >= 0.6 is 0 Å². The van der Waals surface area contributed by atoms with Crippen LogP contribution in [0.3, 0.4) is 0 Å². The van der Waals surface area contributed by atoms with Crippen molar-refractivity contribution in [1.29, 1.82) is 0 Å². The number of ether oxygens (including phenoxy) is 1. The van der Waals surface area contributed by atoms with Crippen molar-refractivity contribution < 1.29 is 9.53 Å². The summed E-state index contributed by atoms with van der Waals surface area (Å²) < 4.78 is 7.39. The number of benzene rings is 1. The Morgan fingerprint density at radius 1 is 0.946 bits per heavy atom. The number of anilines is 5. The zero-order valence-electron chi connectivity index (χ0n) is 21.9. The van der Waals surface area contributed by atoms with Crippen molar-refractivity contribution in [3.05, 3.63) is 47.9 Å². The second-order valence-corrected chi connectivity index (χ2v) is 10.1. The van der Waals surface area contributed by atoms with Gasteiger partial charge >= 0.3 is 0 Å². The van der Waals surface area contributed by atoms with Crippen LogP contribution in [0.1, 0.15) is 19.4 Å². The van der Waals surface area contributed by atoms with Gasteiger partial charge in [0.15, 0.2) is 0 Å². The molecule has 37 heavy (non-hydrogen) atoms. The Morgan fingerprint density at radius 2 is 1.73 bits per heavy atom. The van der Waals surface area contributed by atoms with Crippen LogP contribution in [0.2, 0.25) is 0 Å². The molecule has 0 saturated carbocycles. The van der Waals surface area contributed by atoms with Gasteiger partial charge in [0, 0.05) is 82.4 Å². The first kappa shape index (κ1) is 23.5. The molecule has 0 aliphatic carbocycles. The molecule has 0 unspecified atom stereocenters. The quantitative estimate of drug-likeness (QED) is 0.545. The molecule has 6 rings (SSSR count). The van der Waals surface area contributed by atoms with Gasteiger partial charge in [-0.05, 0) is 25.1 Å². The monoisotopic (exact) mass is 499 g/mol. The second-order valence-electron chi connectivity index (χ2n) is 10.1. The lowest BCUT2D eigenvalue weighted by atomic mass is 9.98. The van der Waals surface area contributed by atoms with Crippen LogP contribution in [-0.4, -0.2) is 73.7 Å². The van der Waals surface area contributed by atoms with E-state index in [9.17, 15) is 4.79 Å². The number of nitrogens with zero attached hydrogens (tertiary/aromatic N) is 7. The molecule has 0 atom stereocenters. The van der Waals surface area contributed by atoms with Gasteiger partial charge in [0.2, 0.25) is 5.91 Å². The predicted molar refractivity (Wildman–Crippen MR) is 148 cm³/mol. The maximum atomic E-state index is 12.7. The summed E-state index contributed by atoms with van der Waals surface area (Å²) in [4.78, 5) is 26.4. The van der Waals surface area contributed by atoms with Crippen molar-refractivity contribution >= 4 is 40.4 Å². The van der Waals surface area contributed by atoms with E-state index < -0.39 is 0 Å². The van der Waals surface area contributed by atoms with Gasteiger partial charge in [-0.2, -0.15) is 5.10 Å². The number of hydrogen-bond donors (Lipinski definition) is 0.